The summed E-state index contributed by atoms with van der Waals surface area (Å²) in [5.74, 6) is 0.681. The lowest BCUT2D eigenvalue weighted by Gasteiger charge is -2.05. The third kappa shape index (κ3) is 0.864. The Balaban J connectivity index is 1.84. The first-order valence-corrected chi connectivity index (χ1v) is 3.68. The molecule has 2 fully saturated rings. The number of aliphatic hydroxyl groups excluding tert-OH is 1. The molecular weight excluding hydrogens is 116 g/mol. The normalized spacial score (nSPS) is 47.0. The fraction of sp³-hybridized carbons (Fsp3) is 1.00. The molecule has 0 bridgehead atoms. The zero-order valence-electron chi connectivity index (χ0n) is 5.42. The van der Waals surface area contributed by atoms with Crippen LogP contribution in [0.25, 0.3) is 0 Å². The van der Waals surface area contributed by atoms with E-state index in [-0.39, 0.29) is 0 Å². The summed E-state index contributed by atoms with van der Waals surface area (Å²) in [6, 6.07) is 0. The summed E-state index contributed by atoms with van der Waals surface area (Å²) in [5, 5.41) is 8.61. The maximum atomic E-state index is 8.61. The van der Waals surface area contributed by atoms with Crippen molar-refractivity contribution in [2.75, 3.05) is 6.61 Å². The van der Waals surface area contributed by atoms with Gasteiger partial charge in [-0.2, -0.15) is 0 Å². The van der Waals surface area contributed by atoms with Crippen LogP contribution in [0.1, 0.15) is 19.3 Å². The highest BCUT2D eigenvalue weighted by Gasteiger charge is 2.49. The predicted molar refractivity (Wildman–Crippen MR) is 33.1 cm³/mol. The Hall–Kier alpha value is -0.0800. The molecule has 1 aliphatic carbocycles. The van der Waals surface area contributed by atoms with Crippen LogP contribution in [0, 0.1) is 5.92 Å². The Labute approximate surface area is 54.8 Å². The highest BCUT2D eigenvalue weighted by Crippen LogP contribution is 2.44. The lowest BCUT2D eigenvalue weighted by atomic mass is 10.0. The molecule has 0 aromatic heterocycles. The van der Waals surface area contributed by atoms with Gasteiger partial charge in [-0.3, -0.25) is 0 Å². The Morgan fingerprint density at radius 1 is 1.44 bits per heavy atom. The smallest absolute Gasteiger partial charge is 0.0870 e. The second kappa shape index (κ2) is 1.96. The fourth-order valence-corrected chi connectivity index (χ4v) is 1.82. The predicted octanol–water partition coefficient (Wildman–Crippen LogP) is 0.546. The molecule has 3 atom stereocenters. The SMILES string of the molecule is OCCC1CCC2OC12. The third-order valence-corrected chi connectivity index (χ3v) is 2.41. The van der Waals surface area contributed by atoms with Crippen LogP contribution in [0.15, 0.2) is 0 Å². The van der Waals surface area contributed by atoms with E-state index in [4.69, 9.17) is 9.84 Å². The Bertz CT molecular complexity index is 113. The van der Waals surface area contributed by atoms with Crippen LogP contribution in [-0.2, 0) is 4.74 Å². The van der Waals surface area contributed by atoms with Crippen molar-refractivity contribution in [3.8, 4) is 0 Å². The number of epoxide rings is 1. The van der Waals surface area contributed by atoms with Crippen molar-refractivity contribution in [3.63, 3.8) is 0 Å². The molecule has 0 spiro atoms. The number of hydrogen-bond acceptors (Lipinski definition) is 2. The number of rotatable bonds is 2. The van der Waals surface area contributed by atoms with E-state index < -0.39 is 0 Å². The van der Waals surface area contributed by atoms with E-state index in [0.29, 0.717) is 24.7 Å². The largest absolute Gasteiger partial charge is 0.396 e. The lowest BCUT2D eigenvalue weighted by Crippen LogP contribution is -2.05. The lowest BCUT2D eigenvalue weighted by molar-refractivity contribution is 0.209. The first-order valence-electron chi connectivity index (χ1n) is 3.68. The fourth-order valence-electron chi connectivity index (χ4n) is 1.82. The quantitative estimate of drug-likeness (QED) is 0.551. The minimum atomic E-state index is 0.331. The summed E-state index contributed by atoms with van der Waals surface area (Å²) in [4.78, 5) is 0. The molecule has 2 aliphatic rings. The number of fused-ring (bicyclic) bond motifs is 1. The molecule has 1 N–H and O–H groups in total. The zero-order chi connectivity index (χ0) is 6.27. The number of ether oxygens (including phenoxy) is 1. The van der Waals surface area contributed by atoms with E-state index in [0.717, 1.165) is 6.42 Å². The van der Waals surface area contributed by atoms with Gasteiger partial charge in [-0.15, -0.1) is 0 Å². The van der Waals surface area contributed by atoms with Crippen LogP contribution in [0.5, 0.6) is 0 Å². The highest BCUT2D eigenvalue weighted by atomic mass is 16.6. The summed E-state index contributed by atoms with van der Waals surface area (Å²) in [5.41, 5.74) is 0. The first kappa shape index (κ1) is 5.69. The summed E-state index contributed by atoms with van der Waals surface area (Å²) in [6.45, 7) is 0.331. The molecule has 2 rings (SSSR count). The molecular formula is C7H12O2. The number of hydrogen-bond donors (Lipinski definition) is 1. The van der Waals surface area contributed by atoms with Crippen molar-refractivity contribution in [1.29, 1.82) is 0 Å². The Morgan fingerprint density at radius 2 is 2.33 bits per heavy atom. The van der Waals surface area contributed by atoms with Crippen LogP contribution in [0.4, 0.5) is 0 Å². The standard InChI is InChI=1S/C7H12O2/c8-4-3-5-1-2-6-7(5)9-6/h5-8H,1-4H2. The summed E-state index contributed by atoms with van der Waals surface area (Å²) in [7, 11) is 0. The molecule has 0 aromatic rings. The van der Waals surface area contributed by atoms with Crippen LogP contribution >= 0.6 is 0 Å². The minimum Gasteiger partial charge on any atom is -0.396 e. The molecule has 3 unspecified atom stereocenters. The van der Waals surface area contributed by atoms with E-state index in [1.165, 1.54) is 12.8 Å². The molecule has 52 valence electrons. The van der Waals surface area contributed by atoms with Crippen molar-refractivity contribution >= 4 is 0 Å². The van der Waals surface area contributed by atoms with Crippen LogP contribution in [-0.4, -0.2) is 23.9 Å². The van der Waals surface area contributed by atoms with Crippen LogP contribution in [0.2, 0.25) is 0 Å². The van der Waals surface area contributed by atoms with Crippen molar-refractivity contribution in [2.24, 2.45) is 5.92 Å². The van der Waals surface area contributed by atoms with Crippen molar-refractivity contribution in [1.82, 2.24) is 0 Å². The molecule has 0 amide bonds. The van der Waals surface area contributed by atoms with Gasteiger partial charge in [0.05, 0.1) is 12.2 Å². The maximum absolute atomic E-state index is 8.61. The minimum absolute atomic E-state index is 0.331. The van der Waals surface area contributed by atoms with E-state index in [2.05, 4.69) is 0 Å². The topological polar surface area (TPSA) is 32.8 Å². The van der Waals surface area contributed by atoms with Gasteiger partial charge in [0, 0.05) is 6.61 Å². The van der Waals surface area contributed by atoms with Gasteiger partial charge in [-0.25, -0.2) is 0 Å². The van der Waals surface area contributed by atoms with Gasteiger partial charge < -0.3 is 9.84 Å². The summed E-state index contributed by atoms with van der Waals surface area (Å²) >= 11 is 0. The van der Waals surface area contributed by atoms with E-state index >= 15 is 0 Å². The Kier molecular flexibility index (Phi) is 1.24. The monoisotopic (exact) mass is 128 g/mol. The molecule has 2 heteroatoms. The summed E-state index contributed by atoms with van der Waals surface area (Å²) in [6.07, 6.45) is 4.57. The van der Waals surface area contributed by atoms with Gasteiger partial charge in [0.2, 0.25) is 0 Å². The van der Waals surface area contributed by atoms with Crippen LogP contribution in [0.3, 0.4) is 0 Å². The van der Waals surface area contributed by atoms with Gasteiger partial charge in [-0.1, -0.05) is 0 Å². The average molecular weight is 128 g/mol. The van der Waals surface area contributed by atoms with Crippen molar-refractivity contribution in [3.05, 3.63) is 0 Å². The van der Waals surface area contributed by atoms with Gasteiger partial charge in [0.25, 0.3) is 0 Å². The molecule has 1 saturated carbocycles. The molecule has 1 heterocycles. The third-order valence-electron chi connectivity index (χ3n) is 2.41. The van der Waals surface area contributed by atoms with Gasteiger partial charge >= 0.3 is 0 Å². The number of aliphatic hydroxyl groups is 1. The maximum Gasteiger partial charge on any atom is 0.0870 e. The molecule has 2 nitrogen and oxygen atoms in total. The summed E-state index contributed by atoms with van der Waals surface area (Å²) < 4.78 is 5.31. The van der Waals surface area contributed by atoms with Gasteiger partial charge in [-0.05, 0) is 25.2 Å². The van der Waals surface area contributed by atoms with Gasteiger partial charge in [0.15, 0.2) is 0 Å². The van der Waals surface area contributed by atoms with Crippen molar-refractivity contribution < 1.29 is 9.84 Å². The molecule has 0 radical (unpaired) electrons. The van der Waals surface area contributed by atoms with Crippen LogP contribution < -0.4 is 0 Å². The molecule has 1 aliphatic heterocycles. The van der Waals surface area contributed by atoms with Gasteiger partial charge in [0.1, 0.15) is 0 Å². The average Bonchev–Trinajstić information content (AvgIpc) is 2.54. The second-order valence-electron chi connectivity index (χ2n) is 2.99. The van der Waals surface area contributed by atoms with Crippen molar-refractivity contribution in [2.45, 2.75) is 31.5 Å². The highest BCUT2D eigenvalue weighted by molar-refractivity contribution is 4.97. The Morgan fingerprint density at radius 3 is 2.78 bits per heavy atom. The molecule has 9 heavy (non-hydrogen) atoms. The molecule has 0 aromatic carbocycles. The zero-order valence-corrected chi connectivity index (χ0v) is 5.42. The van der Waals surface area contributed by atoms with E-state index in [1.807, 2.05) is 0 Å². The van der Waals surface area contributed by atoms with E-state index in [1.54, 1.807) is 0 Å². The first-order chi connectivity index (χ1) is 4.42. The second-order valence-corrected chi connectivity index (χ2v) is 2.99. The van der Waals surface area contributed by atoms with E-state index in [9.17, 15) is 0 Å². The molecule has 1 saturated heterocycles.